The van der Waals surface area contributed by atoms with Crippen LogP contribution in [-0.4, -0.2) is 31.8 Å². The molecule has 0 amide bonds. The second-order valence-electron chi connectivity index (χ2n) is 3.90. The number of para-hydroxylation sites is 2. The van der Waals surface area contributed by atoms with Crippen molar-refractivity contribution in [2.45, 2.75) is 6.92 Å². The minimum Gasteiger partial charge on any atom is -0.371 e. The molecule has 0 saturated carbocycles. The number of likely N-dealkylation sites (N-methyl/N-ethyl adjacent to an activating group) is 1. The lowest BCUT2D eigenvalue weighted by Crippen LogP contribution is -2.47. The number of hydrogen-bond donors (Lipinski definition) is 1. The van der Waals surface area contributed by atoms with Gasteiger partial charge >= 0.3 is 0 Å². The third-order valence-electron chi connectivity index (χ3n) is 2.82. The lowest BCUT2D eigenvalue weighted by atomic mass is 10.2. The van der Waals surface area contributed by atoms with Gasteiger partial charge in [-0.15, -0.1) is 0 Å². The maximum Gasteiger partial charge on any atom is 0.173 e. The molecule has 1 heterocycles. The van der Waals surface area contributed by atoms with Gasteiger partial charge in [0.15, 0.2) is 5.11 Å². The van der Waals surface area contributed by atoms with E-state index in [-0.39, 0.29) is 0 Å². The van der Waals surface area contributed by atoms with Crippen molar-refractivity contribution in [1.82, 2.24) is 5.32 Å². The Morgan fingerprint density at radius 2 is 2.00 bits per heavy atom. The molecule has 1 aliphatic heterocycles. The van der Waals surface area contributed by atoms with E-state index in [1.165, 1.54) is 11.4 Å². The van der Waals surface area contributed by atoms with Gasteiger partial charge in [-0.2, -0.15) is 0 Å². The van der Waals surface area contributed by atoms with Crippen molar-refractivity contribution in [3.8, 4) is 0 Å². The van der Waals surface area contributed by atoms with Gasteiger partial charge in [-0.1, -0.05) is 12.1 Å². The Morgan fingerprint density at radius 3 is 2.69 bits per heavy atom. The molecule has 86 valence electrons. The highest BCUT2D eigenvalue weighted by atomic mass is 32.1. The largest absolute Gasteiger partial charge is 0.371 e. The second kappa shape index (κ2) is 4.70. The van der Waals surface area contributed by atoms with E-state index in [1.807, 2.05) is 0 Å². The van der Waals surface area contributed by atoms with Crippen LogP contribution in [0.25, 0.3) is 0 Å². The average Bonchev–Trinajstić information content (AvgIpc) is 2.30. The Morgan fingerprint density at radius 1 is 1.31 bits per heavy atom. The zero-order valence-electron chi connectivity index (χ0n) is 9.73. The van der Waals surface area contributed by atoms with E-state index < -0.39 is 0 Å². The molecule has 4 heteroatoms. The highest BCUT2D eigenvalue weighted by molar-refractivity contribution is 7.80. The van der Waals surface area contributed by atoms with Gasteiger partial charge in [0.25, 0.3) is 0 Å². The van der Waals surface area contributed by atoms with Crippen molar-refractivity contribution in [3.63, 3.8) is 0 Å². The Labute approximate surface area is 102 Å². The summed E-state index contributed by atoms with van der Waals surface area (Å²) in [5, 5.41) is 4.03. The normalized spacial score (nSPS) is 14.6. The van der Waals surface area contributed by atoms with E-state index in [0.29, 0.717) is 0 Å². The molecule has 1 aromatic rings. The summed E-state index contributed by atoms with van der Waals surface area (Å²) >= 11 is 5.38. The molecule has 3 nitrogen and oxygen atoms in total. The van der Waals surface area contributed by atoms with Crippen LogP contribution in [0.2, 0.25) is 0 Å². The summed E-state index contributed by atoms with van der Waals surface area (Å²) in [6, 6.07) is 8.37. The molecule has 0 unspecified atom stereocenters. The molecule has 0 aliphatic carbocycles. The van der Waals surface area contributed by atoms with Crippen molar-refractivity contribution in [2.75, 3.05) is 36.5 Å². The summed E-state index contributed by atoms with van der Waals surface area (Å²) in [7, 11) is 2.12. The molecule has 0 fully saturated rings. The van der Waals surface area contributed by atoms with E-state index in [4.69, 9.17) is 12.2 Å². The molecule has 0 aromatic heterocycles. The van der Waals surface area contributed by atoms with Crippen LogP contribution in [0.4, 0.5) is 11.4 Å². The van der Waals surface area contributed by atoms with Gasteiger partial charge < -0.3 is 15.1 Å². The van der Waals surface area contributed by atoms with E-state index in [0.717, 1.165) is 24.7 Å². The van der Waals surface area contributed by atoms with Crippen LogP contribution in [0.1, 0.15) is 6.92 Å². The lowest BCUT2D eigenvalue weighted by molar-refractivity contribution is 0.818. The van der Waals surface area contributed by atoms with E-state index >= 15 is 0 Å². The van der Waals surface area contributed by atoms with E-state index in [2.05, 4.69) is 53.4 Å². The molecule has 2 rings (SSSR count). The number of rotatable bonds is 1. The van der Waals surface area contributed by atoms with Crippen LogP contribution in [-0.2, 0) is 0 Å². The van der Waals surface area contributed by atoms with E-state index in [1.54, 1.807) is 0 Å². The summed E-state index contributed by atoms with van der Waals surface area (Å²) in [5.41, 5.74) is 2.44. The molecule has 0 saturated heterocycles. The lowest BCUT2D eigenvalue weighted by Gasteiger charge is -2.36. The number of fused-ring (bicyclic) bond motifs is 1. The van der Waals surface area contributed by atoms with Gasteiger partial charge in [-0.3, -0.25) is 0 Å². The van der Waals surface area contributed by atoms with Gasteiger partial charge in [0.05, 0.1) is 11.4 Å². The zero-order chi connectivity index (χ0) is 11.5. The maximum absolute atomic E-state index is 5.38. The quantitative estimate of drug-likeness (QED) is 0.748. The minimum atomic E-state index is 0.822. The first-order valence-corrected chi connectivity index (χ1v) is 6.00. The predicted octanol–water partition coefficient (Wildman–Crippen LogP) is 1.84. The maximum atomic E-state index is 5.38. The van der Waals surface area contributed by atoms with Crippen LogP contribution in [0.15, 0.2) is 24.3 Å². The van der Waals surface area contributed by atoms with Crippen LogP contribution < -0.4 is 15.1 Å². The molecule has 1 N–H and O–H groups in total. The van der Waals surface area contributed by atoms with E-state index in [9.17, 15) is 0 Å². The average molecular weight is 235 g/mol. The molecular formula is C12H17N3S. The summed E-state index contributed by atoms with van der Waals surface area (Å²) < 4.78 is 0. The van der Waals surface area contributed by atoms with Crippen LogP contribution >= 0.6 is 12.2 Å². The van der Waals surface area contributed by atoms with Crippen LogP contribution in [0.5, 0.6) is 0 Å². The molecular weight excluding hydrogens is 218 g/mol. The van der Waals surface area contributed by atoms with Crippen molar-refractivity contribution in [3.05, 3.63) is 24.3 Å². The molecule has 0 bridgehead atoms. The third-order valence-corrected chi connectivity index (χ3v) is 3.18. The number of nitrogens with zero attached hydrogens (tertiary/aromatic N) is 2. The number of benzene rings is 1. The van der Waals surface area contributed by atoms with Crippen molar-refractivity contribution in [1.29, 1.82) is 0 Å². The molecule has 1 aromatic carbocycles. The second-order valence-corrected chi connectivity index (χ2v) is 4.28. The summed E-state index contributed by atoms with van der Waals surface area (Å²) in [6.07, 6.45) is 0. The number of anilines is 2. The highest BCUT2D eigenvalue weighted by Crippen LogP contribution is 2.31. The Hall–Kier alpha value is -1.29. The fraction of sp³-hybridized carbons (Fsp3) is 0.417. The Balaban J connectivity index is 2.31. The summed E-state index contributed by atoms with van der Waals surface area (Å²) in [5.74, 6) is 0. The number of nitrogens with one attached hydrogen (secondary N) is 1. The monoisotopic (exact) mass is 235 g/mol. The third kappa shape index (κ3) is 1.97. The topological polar surface area (TPSA) is 18.5 Å². The first kappa shape index (κ1) is 11.2. The van der Waals surface area contributed by atoms with Crippen molar-refractivity contribution < 1.29 is 0 Å². The van der Waals surface area contributed by atoms with Gasteiger partial charge in [0, 0.05) is 26.7 Å². The Bertz CT molecular complexity index is 392. The van der Waals surface area contributed by atoms with Crippen LogP contribution in [0, 0.1) is 0 Å². The molecule has 0 radical (unpaired) electrons. The number of hydrogen-bond acceptors (Lipinski definition) is 2. The predicted molar refractivity (Wildman–Crippen MR) is 73.3 cm³/mol. The molecule has 0 spiro atoms. The van der Waals surface area contributed by atoms with Gasteiger partial charge in [-0.05, 0) is 31.3 Å². The first-order chi connectivity index (χ1) is 7.74. The number of thiocarbonyl (C=S) groups is 1. The standard InChI is InChI=1S/C12H17N3S/c1-3-13-12(16)15-9-8-14(2)10-6-4-5-7-11(10)15/h4-7H,3,8-9H2,1-2H3,(H,13,16). The van der Waals surface area contributed by atoms with Crippen molar-refractivity contribution in [2.24, 2.45) is 0 Å². The summed E-state index contributed by atoms with van der Waals surface area (Å²) in [4.78, 5) is 4.44. The van der Waals surface area contributed by atoms with Gasteiger partial charge in [0.2, 0.25) is 0 Å². The molecule has 0 atom stereocenters. The fourth-order valence-electron chi connectivity index (χ4n) is 1.96. The smallest absolute Gasteiger partial charge is 0.173 e. The highest BCUT2D eigenvalue weighted by Gasteiger charge is 2.21. The fourth-order valence-corrected chi connectivity index (χ4v) is 2.30. The summed E-state index contributed by atoms with van der Waals surface area (Å²) in [6.45, 7) is 4.88. The van der Waals surface area contributed by atoms with Gasteiger partial charge in [-0.25, -0.2) is 0 Å². The molecule has 16 heavy (non-hydrogen) atoms. The zero-order valence-corrected chi connectivity index (χ0v) is 10.5. The minimum absolute atomic E-state index is 0.822. The van der Waals surface area contributed by atoms with Crippen LogP contribution in [0.3, 0.4) is 0 Å². The first-order valence-electron chi connectivity index (χ1n) is 5.59. The Kier molecular flexibility index (Phi) is 3.29. The SMILES string of the molecule is CCNC(=S)N1CCN(C)c2ccccc21. The van der Waals surface area contributed by atoms with Gasteiger partial charge in [0.1, 0.15) is 0 Å². The molecule has 1 aliphatic rings. The van der Waals surface area contributed by atoms with Crippen molar-refractivity contribution >= 4 is 28.7 Å².